The Morgan fingerprint density at radius 2 is 2.08 bits per heavy atom. The summed E-state index contributed by atoms with van der Waals surface area (Å²) in [5.41, 5.74) is 6.47. The summed E-state index contributed by atoms with van der Waals surface area (Å²) in [6.07, 6.45) is -1.09. The lowest BCUT2D eigenvalue weighted by Crippen LogP contribution is -2.09. The highest BCUT2D eigenvalue weighted by molar-refractivity contribution is 5.83. The third kappa shape index (κ3) is 1.62. The van der Waals surface area contributed by atoms with E-state index in [0.717, 1.165) is 0 Å². The summed E-state index contributed by atoms with van der Waals surface area (Å²) in [5, 5.41) is 9.35. The molecule has 0 fully saturated rings. The number of aliphatic hydroxyl groups excluding tert-OH is 1. The first-order chi connectivity index (χ1) is 5.63. The predicted octanol–water partition coefficient (Wildman–Crippen LogP) is 0.891. The van der Waals surface area contributed by atoms with Crippen molar-refractivity contribution in [2.45, 2.75) is 13.0 Å². The number of hydrogen-bond donors (Lipinski definition) is 2. The number of carbonyl (C=O) groups excluding carboxylic acids is 1. The molecule has 3 heteroatoms. The second kappa shape index (κ2) is 3.36. The maximum Gasteiger partial charge on any atom is 0.162 e. The van der Waals surface area contributed by atoms with Crippen LogP contribution >= 0.6 is 0 Å². The molecule has 0 spiro atoms. The van der Waals surface area contributed by atoms with Gasteiger partial charge in [-0.05, 0) is 13.0 Å². The molecule has 1 aromatic carbocycles. The maximum atomic E-state index is 10.8. The fraction of sp³-hybridized carbons (Fsp3) is 0.222. The van der Waals surface area contributed by atoms with Crippen LogP contribution in [0.2, 0.25) is 0 Å². The molecule has 0 amide bonds. The van der Waals surface area contributed by atoms with Crippen molar-refractivity contribution in [3.8, 4) is 0 Å². The topological polar surface area (TPSA) is 63.3 Å². The Labute approximate surface area is 70.8 Å². The molecule has 0 bridgehead atoms. The lowest BCUT2D eigenvalue weighted by molar-refractivity contribution is -0.125. The van der Waals surface area contributed by atoms with Crippen molar-refractivity contribution >= 4 is 11.5 Å². The van der Waals surface area contributed by atoms with Crippen molar-refractivity contribution in [1.29, 1.82) is 0 Å². The van der Waals surface area contributed by atoms with Gasteiger partial charge in [-0.25, -0.2) is 0 Å². The van der Waals surface area contributed by atoms with Crippen LogP contribution < -0.4 is 5.73 Å². The Morgan fingerprint density at radius 3 is 2.58 bits per heavy atom. The normalized spacial score (nSPS) is 12.5. The quantitative estimate of drug-likeness (QED) is 0.640. The van der Waals surface area contributed by atoms with E-state index in [4.69, 9.17) is 5.73 Å². The zero-order valence-corrected chi connectivity index (χ0v) is 6.82. The van der Waals surface area contributed by atoms with E-state index in [2.05, 4.69) is 0 Å². The number of para-hydroxylation sites is 1. The van der Waals surface area contributed by atoms with Gasteiger partial charge in [-0.2, -0.15) is 0 Å². The molecule has 0 heterocycles. The lowest BCUT2D eigenvalue weighted by Gasteiger charge is -2.08. The molecule has 12 heavy (non-hydrogen) atoms. The first-order valence-electron chi connectivity index (χ1n) is 3.66. The van der Waals surface area contributed by atoms with Gasteiger partial charge in [-0.1, -0.05) is 18.2 Å². The van der Waals surface area contributed by atoms with Gasteiger partial charge in [0.1, 0.15) is 6.10 Å². The maximum absolute atomic E-state index is 10.8. The highest BCUT2D eigenvalue weighted by Gasteiger charge is 2.14. The number of Topliss-reactive ketones (excluding diaryl/α,β-unsaturated/α-hetero) is 1. The summed E-state index contributed by atoms with van der Waals surface area (Å²) in [5.74, 6) is -0.298. The van der Waals surface area contributed by atoms with Crippen LogP contribution in [0.4, 0.5) is 5.69 Å². The Balaban J connectivity index is 3.02. The van der Waals surface area contributed by atoms with Gasteiger partial charge in [-0.15, -0.1) is 0 Å². The molecule has 0 saturated carbocycles. The van der Waals surface area contributed by atoms with Gasteiger partial charge >= 0.3 is 0 Å². The number of nitrogen functional groups attached to an aromatic ring is 1. The van der Waals surface area contributed by atoms with Crippen molar-refractivity contribution in [3.63, 3.8) is 0 Å². The molecule has 1 atom stereocenters. The van der Waals surface area contributed by atoms with Gasteiger partial charge in [0.05, 0.1) is 0 Å². The monoisotopic (exact) mass is 165 g/mol. The molecule has 1 rings (SSSR count). The standard InChI is InChI=1S/C9H11NO2/c1-6(11)9(12)7-4-2-3-5-8(7)10/h2-5,9,12H,10H2,1H3/t9-/m1/s1. The van der Waals surface area contributed by atoms with Gasteiger partial charge in [0.2, 0.25) is 0 Å². The number of ketones is 1. The smallest absolute Gasteiger partial charge is 0.162 e. The fourth-order valence-electron chi connectivity index (χ4n) is 0.979. The minimum atomic E-state index is -1.09. The SMILES string of the molecule is CC(=O)[C@@H](O)c1ccccc1N. The van der Waals surface area contributed by atoms with Crippen molar-refractivity contribution in [3.05, 3.63) is 29.8 Å². The molecule has 0 aromatic heterocycles. The molecule has 0 unspecified atom stereocenters. The average Bonchev–Trinajstić information content (AvgIpc) is 2.04. The number of hydrogen-bond acceptors (Lipinski definition) is 3. The minimum absolute atomic E-state index is 0.298. The second-order valence-corrected chi connectivity index (χ2v) is 2.64. The molecular formula is C9H11NO2. The number of benzene rings is 1. The van der Waals surface area contributed by atoms with Crippen molar-refractivity contribution in [1.82, 2.24) is 0 Å². The van der Waals surface area contributed by atoms with Crippen molar-refractivity contribution in [2.75, 3.05) is 5.73 Å². The Morgan fingerprint density at radius 1 is 1.50 bits per heavy atom. The van der Waals surface area contributed by atoms with Crippen molar-refractivity contribution in [2.24, 2.45) is 0 Å². The fourth-order valence-corrected chi connectivity index (χ4v) is 0.979. The number of nitrogens with two attached hydrogens (primary N) is 1. The second-order valence-electron chi connectivity index (χ2n) is 2.64. The Bertz CT molecular complexity index is 296. The first-order valence-corrected chi connectivity index (χ1v) is 3.66. The summed E-state index contributed by atoms with van der Waals surface area (Å²) >= 11 is 0. The zero-order valence-electron chi connectivity index (χ0n) is 6.82. The van der Waals surface area contributed by atoms with E-state index in [1.165, 1.54) is 6.92 Å². The van der Waals surface area contributed by atoms with E-state index in [1.807, 2.05) is 0 Å². The summed E-state index contributed by atoms with van der Waals surface area (Å²) in [6.45, 7) is 1.33. The van der Waals surface area contributed by atoms with E-state index in [9.17, 15) is 9.90 Å². The molecule has 0 radical (unpaired) electrons. The summed E-state index contributed by atoms with van der Waals surface area (Å²) in [4.78, 5) is 10.8. The number of anilines is 1. The van der Waals surface area contributed by atoms with E-state index >= 15 is 0 Å². The summed E-state index contributed by atoms with van der Waals surface area (Å²) < 4.78 is 0. The Hall–Kier alpha value is -1.35. The molecule has 1 aromatic rings. The lowest BCUT2D eigenvalue weighted by atomic mass is 10.1. The Kier molecular flexibility index (Phi) is 2.45. The molecule has 0 aliphatic carbocycles. The zero-order chi connectivity index (χ0) is 9.14. The predicted molar refractivity (Wildman–Crippen MR) is 46.5 cm³/mol. The largest absolute Gasteiger partial charge is 0.398 e. The van der Waals surface area contributed by atoms with Crippen LogP contribution in [-0.4, -0.2) is 10.9 Å². The van der Waals surface area contributed by atoms with Gasteiger partial charge in [0.25, 0.3) is 0 Å². The van der Waals surface area contributed by atoms with Gasteiger partial charge < -0.3 is 10.8 Å². The van der Waals surface area contributed by atoms with Crippen LogP contribution in [0.5, 0.6) is 0 Å². The van der Waals surface area contributed by atoms with Crippen LogP contribution in [0.25, 0.3) is 0 Å². The van der Waals surface area contributed by atoms with Gasteiger partial charge in [0, 0.05) is 11.3 Å². The summed E-state index contributed by atoms with van der Waals surface area (Å²) in [7, 11) is 0. The highest BCUT2D eigenvalue weighted by Crippen LogP contribution is 2.19. The number of rotatable bonds is 2. The van der Waals surface area contributed by atoms with Crippen LogP contribution in [0.15, 0.2) is 24.3 Å². The third-order valence-corrected chi connectivity index (χ3v) is 1.68. The van der Waals surface area contributed by atoms with Crippen molar-refractivity contribution < 1.29 is 9.90 Å². The molecule has 3 nitrogen and oxygen atoms in total. The van der Waals surface area contributed by atoms with E-state index in [0.29, 0.717) is 11.3 Å². The molecule has 0 aliphatic rings. The van der Waals surface area contributed by atoms with Gasteiger partial charge in [-0.3, -0.25) is 4.79 Å². The highest BCUT2D eigenvalue weighted by atomic mass is 16.3. The van der Waals surface area contributed by atoms with Crippen LogP contribution in [0.3, 0.4) is 0 Å². The molecular weight excluding hydrogens is 154 g/mol. The minimum Gasteiger partial charge on any atom is -0.398 e. The average molecular weight is 165 g/mol. The molecule has 0 aliphatic heterocycles. The van der Waals surface area contributed by atoms with E-state index in [1.54, 1.807) is 24.3 Å². The van der Waals surface area contributed by atoms with E-state index < -0.39 is 6.10 Å². The number of carbonyl (C=O) groups is 1. The van der Waals surface area contributed by atoms with E-state index in [-0.39, 0.29) is 5.78 Å². The van der Waals surface area contributed by atoms with Crippen LogP contribution in [0.1, 0.15) is 18.6 Å². The molecule has 64 valence electrons. The molecule has 0 saturated heterocycles. The number of aliphatic hydroxyl groups is 1. The third-order valence-electron chi connectivity index (χ3n) is 1.68. The summed E-state index contributed by atoms with van der Waals surface area (Å²) in [6, 6.07) is 6.78. The van der Waals surface area contributed by atoms with Gasteiger partial charge in [0.15, 0.2) is 5.78 Å². The van der Waals surface area contributed by atoms with Crippen LogP contribution in [-0.2, 0) is 4.79 Å². The van der Waals surface area contributed by atoms with Crippen LogP contribution in [0, 0.1) is 0 Å². The first kappa shape index (κ1) is 8.74. The molecule has 3 N–H and O–H groups in total.